The molecule has 4 rings (SSSR count). The summed E-state index contributed by atoms with van der Waals surface area (Å²) in [7, 11) is -4.06. The maximum atomic E-state index is 14.4. The van der Waals surface area contributed by atoms with Crippen molar-refractivity contribution in [3.63, 3.8) is 0 Å². The van der Waals surface area contributed by atoms with Crippen molar-refractivity contribution < 1.29 is 27.1 Å². The van der Waals surface area contributed by atoms with Gasteiger partial charge in [-0.1, -0.05) is 30.3 Å². The molecule has 10 heteroatoms. The number of rotatable bonds is 7. The average Bonchev–Trinajstić information content (AvgIpc) is 3.20. The van der Waals surface area contributed by atoms with E-state index in [1.165, 1.54) is 10.4 Å². The highest BCUT2D eigenvalue weighted by Crippen LogP contribution is 2.25. The smallest absolute Gasteiger partial charge is 0.246 e. The molecule has 0 saturated carbocycles. The molecule has 8 nitrogen and oxygen atoms in total. The van der Waals surface area contributed by atoms with Gasteiger partial charge in [-0.25, -0.2) is 12.8 Å². The number of benzene rings is 2. The van der Waals surface area contributed by atoms with E-state index in [0.717, 1.165) is 17.7 Å². The van der Waals surface area contributed by atoms with Gasteiger partial charge in [0.2, 0.25) is 21.8 Å². The summed E-state index contributed by atoms with van der Waals surface area (Å²) in [6.07, 6.45) is 0.780. The molecule has 2 fully saturated rings. The zero-order chi connectivity index (χ0) is 23.4. The first-order valence-corrected chi connectivity index (χ1v) is 12.3. The lowest BCUT2D eigenvalue weighted by Gasteiger charge is -2.26. The monoisotopic (exact) mass is 475 g/mol. The van der Waals surface area contributed by atoms with Crippen LogP contribution in [0.4, 0.5) is 10.1 Å². The molecule has 1 N–H and O–H groups in total. The Kier molecular flexibility index (Phi) is 7.06. The number of halogens is 1. The summed E-state index contributed by atoms with van der Waals surface area (Å²) < 4.78 is 46.4. The normalized spacial score (nSPS) is 19.6. The molecule has 0 unspecified atom stereocenters. The molecule has 0 spiro atoms. The van der Waals surface area contributed by atoms with Gasteiger partial charge in [-0.15, -0.1) is 0 Å². The standard InChI is InChI=1S/C23H26FN3O5S/c24-20-7-6-19(15-21(20)33(30,31)27-10-12-32-13-11-27)25-23(29)18-14-22(28)26(16-18)9-8-17-4-2-1-3-5-17/h1-7,15,18H,8-14,16H2,(H,25,29)/t18-/m1/s1. The van der Waals surface area contributed by atoms with Gasteiger partial charge in [-0.3, -0.25) is 9.59 Å². The molecule has 0 aromatic heterocycles. The molecule has 2 aromatic carbocycles. The van der Waals surface area contributed by atoms with Crippen molar-refractivity contribution in [2.24, 2.45) is 5.92 Å². The molecule has 0 aliphatic carbocycles. The van der Waals surface area contributed by atoms with Crippen LogP contribution in [0, 0.1) is 11.7 Å². The highest BCUT2D eigenvalue weighted by molar-refractivity contribution is 7.89. The maximum Gasteiger partial charge on any atom is 0.246 e. The Labute approximate surface area is 192 Å². The molecule has 2 aliphatic rings. The molecule has 2 heterocycles. The Balaban J connectivity index is 1.40. The van der Waals surface area contributed by atoms with E-state index in [4.69, 9.17) is 4.74 Å². The Morgan fingerprint density at radius 1 is 1.12 bits per heavy atom. The molecule has 1 atom stereocenters. The van der Waals surface area contributed by atoms with Crippen molar-refractivity contribution in [3.05, 3.63) is 59.9 Å². The van der Waals surface area contributed by atoms with Crippen molar-refractivity contribution in [3.8, 4) is 0 Å². The predicted molar refractivity (Wildman–Crippen MR) is 119 cm³/mol. The number of likely N-dealkylation sites (tertiary alicyclic amines) is 1. The van der Waals surface area contributed by atoms with Crippen molar-refractivity contribution in [2.75, 3.05) is 44.7 Å². The lowest BCUT2D eigenvalue weighted by molar-refractivity contribution is -0.128. The van der Waals surface area contributed by atoms with Crippen molar-refractivity contribution >= 4 is 27.5 Å². The number of anilines is 1. The van der Waals surface area contributed by atoms with Crippen LogP contribution in [0.2, 0.25) is 0 Å². The Morgan fingerprint density at radius 3 is 2.58 bits per heavy atom. The summed E-state index contributed by atoms with van der Waals surface area (Å²) in [5, 5.41) is 2.65. The van der Waals surface area contributed by atoms with Crippen LogP contribution in [-0.2, 0) is 30.8 Å². The van der Waals surface area contributed by atoms with E-state index in [-0.39, 0.29) is 50.9 Å². The largest absolute Gasteiger partial charge is 0.379 e. The number of morpholine rings is 1. The number of ether oxygens (including phenoxy) is 1. The third-order valence-corrected chi connectivity index (χ3v) is 7.80. The lowest BCUT2D eigenvalue weighted by Crippen LogP contribution is -2.41. The second kappa shape index (κ2) is 9.98. The fourth-order valence-corrected chi connectivity index (χ4v) is 5.52. The van der Waals surface area contributed by atoms with E-state index in [2.05, 4.69) is 5.32 Å². The van der Waals surface area contributed by atoms with Gasteiger partial charge in [0, 0.05) is 38.3 Å². The molecule has 0 bridgehead atoms. The summed E-state index contributed by atoms with van der Waals surface area (Å²) in [5.74, 6) is -1.94. The molecule has 2 aliphatic heterocycles. The minimum Gasteiger partial charge on any atom is -0.379 e. The Bertz CT molecular complexity index is 1120. The van der Waals surface area contributed by atoms with Gasteiger partial charge >= 0.3 is 0 Å². The average molecular weight is 476 g/mol. The maximum absolute atomic E-state index is 14.4. The number of nitrogens with one attached hydrogen (secondary N) is 1. The van der Waals surface area contributed by atoms with E-state index in [1.54, 1.807) is 4.90 Å². The Morgan fingerprint density at radius 2 is 1.85 bits per heavy atom. The molecule has 0 radical (unpaired) electrons. The summed E-state index contributed by atoms with van der Waals surface area (Å²) in [6, 6.07) is 13.2. The molecule has 176 valence electrons. The van der Waals surface area contributed by atoms with Crippen LogP contribution in [-0.4, -0.2) is 68.8 Å². The first-order valence-electron chi connectivity index (χ1n) is 10.8. The highest BCUT2D eigenvalue weighted by Gasteiger charge is 2.34. The summed E-state index contributed by atoms with van der Waals surface area (Å²) in [6.45, 7) is 1.58. The van der Waals surface area contributed by atoms with Crippen LogP contribution in [0.3, 0.4) is 0 Å². The van der Waals surface area contributed by atoms with Crippen LogP contribution < -0.4 is 5.32 Å². The van der Waals surface area contributed by atoms with Crippen molar-refractivity contribution in [2.45, 2.75) is 17.7 Å². The number of amides is 2. The second-order valence-electron chi connectivity index (χ2n) is 8.13. The van der Waals surface area contributed by atoms with Crippen LogP contribution in [0.5, 0.6) is 0 Å². The van der Waals surface area contributed by atoms with E-state index in [0.29, 0.717) is 13.0 Å². The third kappa shape index (κ3) is 5.40. The van der Waals surface area contributed by atoms with E-state index < -0.39 is 32.6 Å². The predicted octanol–water partition coefficient (Wildman–Crippen LogP) is 1.88. The van der Waals surface area contributed by atoms with E-state index >= 15 is 0 Å². The van der Waals surface area contributed by atoms with Crippen molar-refractivity contribution in [1.82, 2.24) is 9.21 Å². The fraction of sp³-hybridized carbons (Fsp3) is 0.391. The van der Waals surface area contributed by atoms with Gasteiger partial charge in [0.1, 0.15) is 10.7 Å². The fourth-order valence-electron chi connectivity index (χ4n) is 4.02. The number of carbonyl (C=O) groups excluding carboxylic acids is 2. The van der Waals surface area contributed by atoms with Gasteiger partial charge in [0.25, 0.3) is 0 Å². The highest BCUT2D eigenvalue weighted by atomic mass is 32.2. The minimum atomic E-state index is -4.06. The van der Waals surface area contributed by atoms with Crippen molar-refractivity contribution in [1.29, 1.82) is 0 Å². The van der Waals surface area contributed by atoms with Crippen LogP contribution in [0.1, 0.15) is 12.0 Å². The molecule has 2 amide bonds. The van der Waals surface area contributed by atoms with Crippen LogP contribution in [0.25, 0.3) is 0 Å². The topological polar surface area (TPSA) is 96.0 Å². The van der Waals surface area contributed by atoms with Crippen LogP contribution in [0.15, 0.2) is 53.4 Å². The minimum absolute atomic E-state index is 0.0841. The number of hydrogen-bond acceptors (Lipinski definition) is 5. The second-order valence-corrected chi connectivity index (χ2v) is 10.0. The molecule has 2 saturated heterocycles. The third-order valence-electron chi connectivity index (χ3n) is 5.89. The SMILES string of the molecule is O=C(Nc1ccc(F)c(S(=O)(=O)N2CCOCC2)c1)[C@@H]1CC(=O)N(CCc2ccccc2)C1. The summed E-state index contributed by atoms with van der Waals surface area (Å²) in [5.41, 5.74) is 1.28. The Hall–Kier alpha value is -2.82. The van der Waals surface area contributed by atoms with Gasteiger partial charge < -0.3 is 15.0 Å². The van der Waals surface area contributed by atoms with Gasteiger partial charge in [0.05, 0.1) is 19.1 Å². The van der Waals surface area contributed by atoms with Gasteiger partial charge in [0.15, 0.2) is 0 Å². The van der Waals surface area contributed by atoms with Gasteiger partial charge in [-0.05, 0) is 30.2 Å². The van der Waals surface area contributed by atoms with E-state index in [1.807, 2.05) is 30.3 Å². The number of nitrogens with zero attached hydrogens (tertiary/aromatic N) is 2. The molecule has 2 aromatic rings. The number of sulfonamides is 1. The number of hydrogen-bond donors (Lipinski definition) is 1. The van der Waals surface area contributed by atoms with E-state index in [9.17, 15) is 22.4 Å². The molecule has 33 heavy (non-hydrogen) atoms. The zero-order valence-electron chi connectivity index (χ0n) is 18.1. The first kappa shape index (κ1) is 23.3. The summed E-state index contributed by atoms with van der Waals surface area (Å²) in [4.78, 5) is 26.3. The first-order chi connectivity index (χ1) is 15.8. The lowest BCUT2D eigenvalue weighted by atomic mass is 10.1. The van der Waals surface area contributed by atoms with Crippen LogP contribution >= 0.6 is 0 Å². The van der Waals surface area contributed by atoms with Gasteiger partial charge in [-0.2, -0.15) is 4.31 Å². The zero-order valence-corrected chi connectivity index (χ0v) is 18.9. The molecular formula is C23H26FN3O5S. The molecular weight excluding hydrogens is 449 g/mol. The quantitative estimate of drug-likeness (QED) is 0.660. The number of carbonyl (C=O) groups is 2. The summed E-state index contributed by atoms with van der Waals surface area (Å²) >= 11 is 0.